The first-order valence-corrected chi connectivity index (χ1v) is 9.49. The molecule has 2 fully saturated rings. The van der Waals surface area contributed by atoms with Crippen molar-refractivity contribution in [2.45, 2.75) is 39.0 Å². The zero-order chi connectivity index (χ0) is 18.3. The summed E-state index contributed by atoms with van der Waals surface area (Å²) in [6, 6.07) is 3.08. The predicted molar refractivity (Wildman–Crippen MR) is 101 cm³/mol. The fourth-order valence-electron chi connectivity index (χ4n) is 5.04. The molecule has 0 amide bonds. The third-order valence-corrected chi connectivity index (χ3v) is 6.35. The molecule has 1 aromatic heterocycles. The van der Waals surface area contributed by atoms with Crippen LogP contribution in [0.4, 0.5) is 10.2 Å². The summed E-state index contributed by atoms with van der Waals surface area (Å²) in [5.41, 5.74) is 6.92. The largest absolute Gasteiger partial charge is 0.494 e. The molecule has 2 saturated carbocycles. The molecule has 4 rings (SSSR count). The number of hydrogen-bond acceptors (Lipinski definition) is 5. The number of aryl methyl sites for hydroxylation is 1. The van der Waals surface area contributed by atoms with E-state index < -0.39 is 5.82 Å². The molecule has 3 N–H and O–H groups in total. The van der Waals surface area contributed by atoms with Gasteiger partial charge in [0.15, 0.2) is 11.6 Å². The van der Waals surface area contributed by atoms with Gasteiger partial charge in [0.25, 0.3) is 0 Å². The Morgan fingerprint density at radius 3 is 2.65 bits per heavy atom. The lowest BCUT2D eigenvalue weighted by Crippen LogP contribution is -2.35. The van der Waals surface area contributed by atoms with Crippen molar-refractivity contribution in [1.29, 1.82) is 0 Å². The zero-order valence-corrected chi connectivity index (χ0v) is 15.5. The molecule has 1 aromatic carbocycles. The van der Waals surface area contributed by atoms with Crippen molar-refractivity contribution < 1.29 is 9.13 Å². The standard InChI is InChI=1S/C20H27FN4O/c1-12-24-17-7-16(21)18(26-2)6-15(17)19(25-12)23-11-20(10-22)8-13-4-3-5-14(13)9-20/h6-7,13-14H,3-5,8-11,22H2,1-2H3,(H,23,24,25). The number of halogens is 1. The fourth-order valence-corrected chi connectivity index (χ4v) is 5.04. The monoisotopic (exact) mass is 358 g/mol. The maximum atomic E-state index is 14.0. The van der Waals surface area contributed by atoms with Crippen LogP contribution in [0.15, 0.2) is 12.1 Å². The van der Waals surface area contributed by atoms with Crippen molar-refractivity contribution >= 4 is 16.7 Å². The smallest absolute Gasteiger partial charge is 0.167 e. The van der Waals surface area contributed by atoms with E-state index in [1.807, 2.05) is 6.92 Å². The maximum absolute atomic E-state index is 14.0. The summed E-state index contributed by atoms with van der Waals surface area (Å²) < 4.78 is 19.2. The predicted octanol–water partition coefficient (Wildman–Crippen LogP) is 3.65. The molecule has 2 aliphatic carbocycles. The summed E-state index contributed by atoms with van der Waals surface area (Å²) in [6.07, 6.45) is 6.45. The third kappa shape index (κ3) is 3.00. The number of nitrogens with two attached hydrogens (primary N) is 1. The van der Waals surface area contributed by atoms with Gasteiger partial charge in [0.05, 0.1) is 12.6 Å². The number of nitrogens with one attached hydrogen (secondary N) is 1. The van der Waals surface area contributed by atoms with E-state index in [1.54, 1.807) is 6.07 Å². The highest BCUT2D eigenvalue weighted by Gasteiger charge is 2.46. The molecular formula is C20H27FN4O. The minimum absolute atomic E-state index is 0.130. The fraction of sp³-hybridized carbons (Fsp3) is 0.600. The van der Waals surface area contributed by atoms with Crippen molar-refractivity contribution in [3.8, 4) is 5.75 Å². The molecule has 0 aliphatic heterocycles. The molecule has 2 atom stereocenters. The van der Waals surface area contributed by atoms with Gasteiger partial charge in [-0.3, -0.25) is 0 Å². The van der Waals surface area contributed by atoms with Gasteiger partial charge in [-0.15, -0.1) is 0 Å². The number of ether oxygens (including phenoxy) is 1. The molecular weight excluding hydrogens is 331 g/mol. The molecule has 6 heteroatoms. The van der Waals surface area contributed by atoms with Crippen LogP contribution in [0, 0.1) is 30.0 Å². The molecule has 26 heavy (non-hydrogen) atoms. The quantitative estimate of drug-likeness (QED) is 0.853. The van der Waals surface area contributed by atoms with Crippen molar-refractivity contribution in [3.05, 3.63) is 23.8 Å². The van der Waals surface area contributed by atoms with Crippen molar-refractivity contribution in [3.63, 3.8) is 0 Å². The molecule has 0 saturated heterocycles. The van der Waals surface area contributed by atoms with Gasteiger partial charge >= 0.3 is 0 Å². The van der Waals surface area contributed by atoms with E-state index in [1.165, 1.54) is 45.3 Å². The summed E-state index contributed by atoms with van der Waals surface area (Å²) in [5, 5.41) is 4.29. The summed E-state index contributed by atoms with van der Waals surface area (Å²) in [6.45, 7) is 3.31. The number of anilines is 1. The van der Waals surface area contributed by atoms with Gasteiger partial charge in [0.2, 0.25) is 0 Å². The minimum atomic E-state index is -0.411. The van der Waals surface area contributed by atoms with Crippen LogP contribution < -0.4 is 15.8 Å². The van der Waals surface area contributed by atoms with Crippen LogP contribution in [0.1, 0.15) is 37.9 Å². The molecule has 1 heterocycles. The molecule has 2 aliphatic rings. The Balaban J connectivity index is 1.62. The second-order valence-corrected chi connectivity index (χ2v) is 8.04. The Morgan fingerprint density at radius 2 is 2.00 bits per heavy atom. The van der Waals surface area contributed by atoms with E-state index in [4.69, 9.17) is 10.5 Å². The van der Waals surface area contributed by atoms with Crippen LogP contribution >= 0.6 is 0 Å². The molecule has 2 aromatic rings. The average molecular weight is 358 g/mol. The van der Waals surface area contributed by atoms with Crippen LogP contribution in [0.5, 0.6) is 5.75 Å². The molecule has 0 bridgehead atoms. The Kier molecular flexibility index (Phi) is 4.47. The Morgan fingerprint density at radius 1 is 1.27 bits per heavy atom. The van der Waals surface area contributed by atoms with Crippen LogP contribution in [-0.2, 0) is 0 Å². The maximum Gasteiger partial charge on any atom is 0.167 e. The first-order chi connectivity index (χ1) is 12.5. The van der Waals surface area contributed by atoms with E-state index in [9.17, 15) is 4.39 Å². The first-order valence-electron chi connectivity index (χ1n) is 9.49. The normalized spacial score (nSPS) is 27.7. The zero-order valence-electron chi connectivity index (χ0n) is 15.5. The second-order valence-electron chi connectivity index (χ2n) is 8.04. The summed E-state index contributed by atoms with van der Waals surface area (Å²) >= 11 is 0. The average Bonchev–Trinajstić information content (AvgIpc) is 3.18. The molecule has 2 unspecified atom stereocenters. The molecule has 0 radical (unpaired) electrons. The van der Waals surface area contributed by atoms with Gasteiger partial charge in [-0.2, -0.15) is 0 Å². The first kappa shape index (κ1) is 17.5. The molecule has 140 valence electrons. The highest BCUT2D eigenvalue weighted by molar-refractivity contribution is 5.90. The van der Waals surface area contributed by atoms with Crippen molar-refractivity contribution in [1.82, 2.24) is 9.97 Å². The van der Waals surface area contributed by atoms with Gasteiger partial charge < -0.3 is 15.8 Å². The summed E-state index contributed by atoms with van der Waals surface area (Å²) in [7, 11) is 1.47. The van der Waals surface area contributed by atoms with Gasteiger partial charge in [-0.05, 0) is 44.2 Å². The van der Waals surface area contributed by atoms with Crippen LogP contribution in [0.25, 0.3) is 10.9 Å². The summed E-state index contributed by atoms with van der Waals surface area (Å²) in [5.74, 6) is 2.81. The van der Waals surface area contributed by atoms with E-state index in [-0.39, 0.29) is 11.2 Å². The second kappa shape index (κ2) is 6.65. The van der Waals surface area contributed by atoms with E-state index >= 15 is 0 Å². The van der Waals surface area contributed by atoms with E-state index in [0.717, 1.165) is 29.6 Å². The molecule has 0 spiro atoms. The van der Waals surface area contributed by atoms with E-state index in [0.29, 0.717) is 17.9 Å². The van der Waals surface area contributed by atoms with Crippen LogP contribution in [-0.4, -0.2) is 30.2 Å². The Hall–Kier alpha value is -1.95. The Labute approximate surface area is 153 Å². The van der Waals surface area contributed by atoms with Gasteiger partial charge in [-0.25, -0.2) is 14.4 Å². The SMILES string of the molecule is COc1cc2c(NCC3(CN)CC4CCCC4C3)nc(C)nc2cc1F. The lowest BCUT2D eigenvalue weighted by Gasteiger charge is -2.29. The number of fused-ring (bicyclic) bond motifs is 2. The number of benzene rings is 1. The van der Waals surface area contributed by atoms with Crippen LogP contribution in [0.2, 0.25) is 0 Å². The number of aromatic nitrogens is 2. The topological polar surface area (TPSA) is 73.1 Å². The minimum Gasteiger partial charge on any atom is -0.494 e. The Bertz CT molecular complexity index is 813. The number of rotatable bonds is 5. The lowest BCUT2D eigenvalue weighted by atomic mass is 9.83. The van der Waals surface area contributed by atoms with Gasteiger partial charge in [-0.1, -0.05) is 19.3 Å². The highest BCUT2D eigenvalue weighted by Crippen LogP contribution is 2.52. The van der Waals surface area contributed by atoms with Gasteiger partial charge in [0, 0.05) is 23.4 Å². The van der Waals surface area contributed by atoms with Crippen molar-refractivity contribution in [2.24, 2.45) is 23.0 Å². The van der Waals surface area contributed by atoms with Gasteiger partial charge in [0.1, 0.15) is 11.6 Å². The summed E-state index contributed by atoms with van der Waals surface area (Å²) in [4.78, 5) is 8.93. The van der Waals surface area contributed by atoms with Crippen molar-refractivity contribution in [2.75, 3.05) is 25.5 Å². The van der Waals surface area contributed by atoms with Crippen LogP contribution in [0.3, 0.4) is 0 Å². The number of methoxy groups -OCH3 is 1. The highest BCUT2D eigenvalue weighted by atomic mass is 19.1. The number of hydrogen-bond donors (Lipinski definition) is 2. The number of nitrogens with zero attached hydrogens (tertiary/aromatic N) is 2. The molecule has 5 nitrogen and oxygen atoms in total. The third-order valence-electron chi connectivity index (χ3n) is 6.35. The lowest BCUT2D eigenvalue weighted by molar-refractivity contribution is 0.302. The van der Waals surface area contributed by atoms with E-state index in [2.05, 4.69) is 15.3 Å².